The minimum atomic E-state index is 0.0214. The molecular weight excluding hydrogens is 268 g/mol. The lowest BCUT2D eigenvalue weighted by atomic mass is 10.4. The lowest BCUT2D eigenvalue weighted by molar-refractivity contribution is 0.370. The van der Waals surface area contributed by atoms with E-state index in [0.717, 1.165) is 0 Å². The summed E-state index contributed by atoms with van der Waals surface area (Å²) in [6.07, 6.45) is 5.01. The van der Waals surface area contributed by atoms with Crippen LogP contribution < -0.4 is 4.74 Å². The van der Waals surface area contributed by atoms with E-state index in [1.165, 1.54) is 0 Å². The third kappa shape index (κ3) is 2.37. The van der Waals surface area contributed by atoms with Crippen LogP contribution in [-0.2, 0) is 0 Å². The molecule has 0 radical (unpaired) electrons. The molecule has 74 valence electrons. The van der Waals surface area contributed by atoms with Gasteiger partial charge in [-0.25, -0.2) is 4.98 Å². The quantitative estimate of drug-likeness (QED) is 0.604. The molecule has 0 N–H and O–H groups in total. The van der Waals surface area contributed by atoms with Gasteiger partial charge in [-0.3, -0.25) is 0 Å². The van der Waals surface area contributed by atoms with E-state index in [4.69, 9.17) is 57.6 Å². The number of hydrogen-bond donors (Lipinski definition) is 0. The van der Waals surface area contributed by atoms with E-state index in [1.807, 2.05) is 0 Å². The van der Waals surface area contributed by atoms with Gasteiger partial charge in [0.2, 0.25) is 0 Å². The minimum absolute atomic E-state index is 0.0214. The molecule has 0 atom stereocenters. The summed E-state index contributed by atoms with van der Waals surface area (Å²) in [6.45, 7) is 0.0239. The first-order chi connectivity index (χ1) is 6.57. The second-order valence-electron chi connectivity index (χ2n) is 2.14. The van der Waals surface area contributed by atoms with E-state index >= 15 is 0 Å². The summed E-state index contributed by atoms with van der Waals surface area (Å²) >= 11 is 22.9. The van der Waals surface area contributed by atoms with Crippen LogP contribution in [0.1, 0.15) is 0 Å². The zero-order valence-corrected chi connectivity index (χ0v) is 9.68. The van der Waals surface area contributed by atoms with Crippen molar-refractivity contribution in [2.24, 2.45) is 0 Å². The SMILES string of the molecule is C#CCOc1c(Cl)c(Cl)nc(Cl)c1Cl. The van der Waals surface area contributed by atoms with Gasteiger partial charge in [0.05, 0.1) is 0 Å². The van der Waals surface area contributed by atoms with Crippen molar-refractivity contribution in [3.8, 4) is 18.1 Å². The van der Waals surface area contributed by atoms with Crippen molar-refractivity contribution in [3.63, 3.8) is 0 Å². The Morgan fingerprint density at radius 3 is 2.07 bits per heavy atom. The van der Waals surface area contributed by atoms with Crippen LogP contribution in [0.5, 0.6) is 5.75 Å². The van der Waals surface area contributed by atoms with Crippen molar-refractivity contribution < 1.29 is 4.74 Å². The maximum absolute atomic E-state index is 5.78. The summed E-state index contributed by atoms with van der Waals surface area (Å²) < 4.78 is 5.07. The van der Waals surface area contributed by atoms with Crippen LogP contribution in [0.25, 0.3) is 0 Å². The normalized spacial score (nSPS) is 9.64. The second-order valence-corrected chi connectivity index (χ2v) is 3.62. The summed E-state index contributed by atoms with van der Waals surface area (Å²) in [5, 5.41) is 0.230. The molecule has 1 aromatic heterocycles. The number of aromatic nitrogens is 1. The monoisotopic (exact) mass is 269 g/mol. The zero-order chi connectivity index (χ0) is 10.7. The van der Waals surface area contributed by atoms with Crippen LogP contribution in [0.4, 0.5) is 0 Å². The summed E-state index contributed by atoms with van der Waals surface area (Å²) in [6, 6.07) is 0. The fourth-order valence-electron chi connectivity index (χ4n) is 0.709. The molecule has 0 unspecified atom stereocenters. The standard InChI is InChI=1S/C8H3Cl4NO/c1-2-3-14-6-4(9)7(11)13-8(12)5(6)10/h1H,3H2. The number of rotatable bonds is 2. The smallest absolute Gasteiger partial charge is 0.164 e. The predicted molar refractivity (Wildman–Crippen MR) is 58.6 cm³/mol. The second kappa shape index (κ2) is 4.95. The van der Waals surface area contributed by atoms with E-state index in [2.05, 4.69) is 10.9 Å². The van der Waals surface area contributed by atoms with Gasteiger partial charge in [0.1, 0.15) is 16.7 Å². The molecule has 14 heavy (non-hydrogen) atoms. The molecule has 2 nitrogen and oxygen atoms in total. The van der Waals surface area contributed by atoms with Gasteiger partial charge in [-0.2, -0.15) is 0 Å². The average molecular weight is 271 g/mol. The Morgan fingerprint density at radius 2 is 1.64 bits per heavy atom. The zero-order valence-electron chi connectivity index (χ0n) is 6.65. The van der Waals surface area contributed by atoms with E-state index in [-0.39, 0.29) is 32.7 Å². The molecular formula is C8H3Cl4NO. The fourth-order valence-corrected chi connectivity index (χ4v) is 1.52. The summed E-state index contributed by atoms with van der Waals surface area (Å²) in [5.74, 6) is 2.41. The molecule has 0 aliphatic carbocycles. The van der Waals surface area contributed by atoms with E-state index in [0.29, 0.717) is 0 Å². The highest BCUT2D eigenvalue weighted by Crippen LogP contribution is 2.40. The number of nitrogens with zero attached hydrogens (tertiary/aromatic N) is 1. The number of halogens is 4. The van der Waals surface area contributed by atoms with Gasteiger partial charge in [0.15, 0.2) is 16.1 Å². The largest absolute Gasteiger partial charge is 0.478 e. The first kappa shape index (κ1) is 11.7. The van der Waals surface area contributed by atoms with Crippen molar-refractivity contribution >= 4 is 46.4 Å². The Balaban J connectivity index is 3.19. The molecule has 0 aromatic carbocycles. The lowest BCUT2D eigenvalue weighted by Crippen LogP contribution is -1.97. The first-order valence-electron chi connectivity index (χ1n) is 3.34. The summed E-state index contributed by atoms with van der Waals surface area (Å²) in [4.78, 5) is 3.68. The molecule has 6 heteroatoms. The number of ether oxygens (including phenoxy) is 1. The summed E-state index contributed by atoms with van der Waals surface area (Å²) in [7, 11) is 0. The molecule has 0 spiro atoms. The highest BCUT2D eigenvalue weighted by Gasteiger charge is 2.16. The van der Waals surface area contributed by atoms with Crippen LogP contribution in [0.3, 0.4) is 0 Å². The Bertz CT molecular complexity index is 373. The van der Waals surface area contributed by atoms with Crippen LogP contribution in [0.2, 0.25) is 20.4 Å². The van der Waals surface area contributed by atoms with E-state index in [1.54, 1.807) is 0 Å². The van der Waals surface area contributed by atoms with Crippen molar-refractivity contribution in [2.75, 3.05) is 6.61 Å². The summed E-state index contributed by atoms with van der Waals surface area (Å²) in [5.41, 5.74) is 0. The van der Waals surface area contributed by atoms with Gasteiger partial charge in [-0.1, -0.05) is 52.3 Å². The van der Waals surface area contributed by atoms with Crippen molar-refractivity contribution in [1.82, 2.24) is 4.98 Å². The number of terminal acetylenes is 1. The molecule has 1 heterocycles. The fraction of sp³-hybridized carbons (Fsp3) is 0.125. The topological polar surface area (TPSA) is 22.1 Å². The van der Waals surface area contributed by atoms with E-state index < -0.39 is 0 Å². The molecule has 0 fully saturated rings. The maximum Gasteiger partial charge on any atom is 0.164 e. The average Bonchev–Trinajstić information content (AvgIpc) is 2.15. The van der Waals surface area contributed by atoms with Gasteiger partial charge < -0.3 is 4.74 Å². The van der Waals surface area contributed by atoms with Gasteiger partial charge >= 0.3 is 0 Å². The molecule has 0 saturated carbocycles. The lowest BCUT2D eigenvalue weighted by Gasteiger charge is -2.08. The highest BCUT2D eigenvalue weighted by molar-refractivity contribution is 6.47. The van der Waals surface area contributed by atoms with E-state index in [9.17, 15) is 0 Å². The van der Waals surface area contributed by atoms with Crippen LogP contribution in [-0.4, -0.2) is 11.6 Å². The molecule has 0 aliphatic rings. The predicted octanol–water partition coefficient (Wildman–Crippen LogP) is 3.71. The van der Waals surface area contributed by atoms with Crippen molar-refractivity contribution in [2.45, 2.75) is 0 Å². The van der Waals surface area contributed by atoms with Crippen molar-refractivity contribution in [1.29, 1.82) is 0 Å². The molecule has 0 aliphatic heterocycles. The first-order valence-corrected chi connectivity index (χ1v) is 4.85. The third-order valence-corrected chi connectivity index (χ3v) is 2.70. The third-order valence-electron chi connectivity index (χ3n) is 1.26. The minimum Gasteiger partial charge on any atom is -0.478 e. The van der Waals surface area contributed by atoms with Crippen LogP contribution in [0.15, 0.2) is 0 Å². The maximum atomic E-state index is 5.78. The Hall–Kier alpha value is -0.330. The Morgan fingerprint density at radius 1 is 1.14 bits per heavy atom. The van der Waals surface area contributed by atoms with Gasteiger partial charge in [-0.05, 0) is 0 Å². The van der Waals surface area contributed by atoms with Crippen molar-refractivity contribution in [3.05, 3.63) is 20.4 Å². The van der Waals surface area contributed by atoms with Gasteiger partial charge in [-0.15, -0.1) is 6.42 Å². The number of hydrogen-bond acceptors (Lipinski definition) is 2. The van der Waals surface area contributed by atoms with Gasteiger partial charge in [0, 0.05) is 0 Å². The Labute approximate surface area is 101 Å². The molecule has 0 bridgehead atoms. The number of pyridine rings is 1. The highest BCUT2D eigenvalue weighted by atomic mass is 35.5. The Kier molecular flexibility index (Phi) is 4.15. The molecule has 1 aromatic rings. The van der Waals surface area contributed by atoms with Crippen LogP contribution in [0, 0.1) is 12.3 Å². The van der Waals surface area contributed by atoms with Crippen LogP contribution >= 0.6 is 46.4 Å². The molecule has 0 saturated heterocycles. The van der Waals surface area contributed by atoms with Gasteiger partial charge in [0.25, 0.3) is 0 Å². The molecule has 0 amide bonds. The molecule has 1 rings (SSSR count).